The average Bonchev–Trinajstić information content (AvgIpc) is 3.43. The van der Waals surface area contributed by atoms with Crippen LogP contribution in [0.2, 0.25) is 5.02 Å². The second kappa shape index (κ2) is 11.1. The number of halogens is 1. The molecule has 0 spiro atoms. The van der Waals surface area contributed by atoms with Gasteiger partial charge in [-0.3, -0.25) is 4.79 Å². The molecule has 3 aromatic rings. The van der Waals surface area contributed by atoms with Crippen LogP contribution >= 0.6 is 11.6 Å². The monoisotopic (exact) mass is 505 g/mol. The number of anilines is 2. The molecule has 0 atom stereocenters. The van der Waals surface area contributed by atoms with E-state index in [4.69, 9.17) is 21.6 Å². The number of hydrogen-bond donors (Lipinski definition) is 1. The van der Waals surface area contributed by atoms with Crippen LogP contribution in [0.25, 0.3) is 10.9 Å². The SMILES string of the molecule is CCc1ccc(CCC(=O)Nc2ccc3nc(N4CCC(N5CCCC5)CC4)nc(C)c3c2)c(Cl)c1. The Morgan fingerprint density at radius 3 is 2.56 bits per heavy atom. The Bertz CT molecular complexity index is 1230. The van der Waals surface area contributed by atoms with Gasteiger partial charge in [-0.05, 0) is 93.9 Å². The van der Waals surface area contributed by atoms with Crippen molar-refractivity contribution in [2.24, 2.45) is 0 Å². The van der Waals surface area contributed by atoms with Crippen LogP contribution < -0.4 is 10.2 Å². The molecule has 2 aromatic carbocycles. The molecule has 36 heavy (non-hydrogen) atoms. The third kappa shape index (κ3) is 5.65. The fourth-order valence-electron chi connectivity index (χ4n) is 5.51. The molecule has 2 fully saturated rings. The van der Waals surface area contributed by atoms with E-state index in [1.807, 2.05) is 37.3 Å². The molecule has 2 aliphatic rings. The minimum Gasteiger partial charge on any atom is -0.341 e. The third-order valence-electron chi connectivity index (χ3n) is 7.71. The van der Waals surface area contributed by atoms with Crippen molar-refractivity contribution in [3.63, 3.8) is 0 Å². The van der Waals surface area contributed by atoms with Gasteiger partial charge in [0.2, 0.25) is 11.9 Å². The molecule has 5 rings (SSSR count). The lowest BCUT2D eigenvalue weighted by Crippen LogP contribution is -2.44. The second-order valence-electron chi connectivity index (χ2n) is 10.1. The van der Waals surface area contributed by atoms with Crippen molar-refractivity contribution in [1.82, 2.24) is 14.9 Å². The Balaban J connectivity index is 1.21. The van der Waals surface area contributed by atoms with Gasteiger partial charge in [0.25, 0.3) is 0 Å². The molecule has 7 heteroatoms. The predicted molar refractivity (Wildman–Crippen MR) is 148 cm³/mol. The fourth-order valence-corrected chi connectivity index (χ4v) is 5.81. The van der Waals surface area contributed by atoms with E-state index in [1.165, 1.54) is 44.3 Å². The molecular weight excluding hydrogens is 470 g/mol. The van der Waals surface area contributed by atoms with Gasteiger partial charge >= 0.3 is 0 Å². The van der Waals surface area contributed by atoms with Crippen LogP contribution in [0.15, 0.2) is 36.4 Å². The van der Waals surface area contributed by atoms with E-state index in [1.54, 1.807) is 0 Å². The summed E-state index contributed by atoms with van der Waals surface area (Å²) < 4.78 is 0. The van der Waals surface area contributed by atoms with Crippen molar-refractivity contribution < 1.29 is 4.79 Å². The van der Waals surface area contributed by atoms with Gasteiger partial charge in [0.05, 0.1) is 11.2 Å². The third-order valence-corrected chi connectivity index (χ3v) is 8.06. The number of likely N-dealkylation sites (tertiary alicyclic amines) is 1. The quantitative estimate of drug-likeness (QED) is 0.440. The van der Waals surface area contributed by atoms with Crippen LogP contribution in [0, 0.1) is 6.92 Å². The van der Waals surface area contributed by atoms with Crippen molar-refractivity contribution in [3.8, 4) is 0 Å². The van der Waals surface area contributed by atoms with E-state index >= 15 is 0 Å². The minimum atomic E-state index is -0.0268. The van der Waals surface area contributed by atoms with E-state index in [9.17, 15) is 4.79 Å². The summed E-state index contributed by atoms with van der Waals surface area (Å²) in [4.78, 5) is 27.3. The van der Waals surface area contributed by atoms with Gasteiger partial charge < -0.3 is 15.1 Å². The standard InChI is InChI=1S/C29H36ClN5O/c1-3-21-6-7-22(26(30)18-21)8-11-28(36)32-23-9-10-27-25(19-23)20(2)31-29(33-27)35-16-12-24(13-17-35)34-14-4-5-15-34/h6-7,9-10,18-19,24H,3-5,8,11-17H2,1-2H3,(H,32,36). The van der Waals surface area contributed by atoms with Gasteiger partial charge in [-0.2, -0.15) is 0 Å². The number of aryl methyl sites for hydroxylation is 3. The van der Waals surface area contributed by atoms with Gasteiger partial charge in [-0.15, -0.1) is 0 Å². The molecule has 3 heterocycles. The van der Waals surface area contributed by atoms with Crippen LogP contribution in [0.1, 0.15) is 55.8 Å². The topological polar surface area (TPSA) is 61.4 Å². The first-order chi connectivity index (χ1) is 17.5. The Morgan fingerprint density at radius 2 is 1.83 bits per heavy atom. The van der Waals surface area contributed by atoms with E-state index < -0.39 is 0 Å². The Morgan fingerprint density at radius 1 is 1.06 bits per heavy atom. The highest BCUT2D eigenvalue weighted by Gasteiger charge is 2.27. The molecule has 0 saturated carbocycles. The minimum absolute atomic E-state index is 0.0268. The van der Waals surface area contributed by atoms with E-state index in [0.29, 0.717) is 18.9 Å². The molecule has 2 saturated heterocycles. The number of carbonyl (C=O) groups is 1. The van der Waals surface area contributed by atoms with Gasteiger partial charge in [-0.25, -0.2) is 9.97 Å². The number of carbonyl (C=O) groups excluding carboxylic acids is 1. The first-order valence-corrected chi connectivity index (χ1v) is 13.7. The number of amides is 1. The number of aromatic nitrogens is 2. The summed E-state index contributed by atoms with van der Waals surface area (Å²) in [5, 5.41) is 4.74. The van der Waals surface area contributed by atoms with Crippen molar-refractivity contribution in [1.29, 1.82) is 0 Å². The number of fused-ring (bicyclic) bond motifs is 1. The highest BCUT2D eigenvalue weighted by molar-refractivity contribution is 6.31. The summed E-state index contributed by atoms with van der Waals surface area (Å²) in [7, 11) is 0. The number of benzene rings is 2. The molecule has 0 radical (unpaired) electrons. The van der Waals surface area contributed by atoms with E-state index in [-0.39, 0.29) is 5.91 Å². The van der Waals surface area contributed by atoms with Crippen LogP contribution in [0.5, 0.6) is 0 Å². The van der Waals surface area contributed by atoms with Crippen LogP contribution in [0.3, 0.4) is 0 Å². The van der Waals surface area contributed by atoms with Gasteiger partial charge in [0.15, 0.2) is 0 Å². The number of hydrogen-bond acceptors (Lipinski definition) is 5. The summed E-state index contributed by atoms with van der Waals surface area (Å²) in [6.07, 6.45) is 6.99. The Kier molecular flexibility index (Phi) is 7.73. The summed E-state index contributed by atoms with van der Waals surface area (Å²) in [5.41, 5.74) is 4.83. The van der Waals surface area contributed by atoms with Crippen LogP contribution in [-0.4, -0.2) is 53.0 Å². The lowest BCUT2D eigenvalue weighted by molar-refractivity contribution is -0.116. The van der Waals surface area contributed by atoms with Gasteiger partial charge in [-0.1, -0.05) is 30.7 Å². The maximum Gasteiger partial charge on any atom is 0.226 e. The summed E-state index contributed by atoms with van der Waals surface area (Å²) >= 11 is 6.39. The molecule has 1 N–H and O–H groups in total. The maximum atomic E-state index is 12.6. The molecule has 1 amide bonds. The number of nitrogens with zero attached hydrogens (tertiary/aromatic N) is 4. The predicted octanol–water partition coefficient (Wildman–Crippen LogP) is 5.79. The number of rotatable bonds is 7. The fraction of sp³-hybridized carbons (Fsp3) is 0.483. The van der Waals surface area contributed by atoms with Crippen LogP contribution in [-0.2, 0) is 17.6 Å². The Hall–Kier alpha value is -2.70. The van der Waals surface area contributed by atoms with Crippen molar-refractivity contribution >= 4 is 40.0 Å². The first kappa shape index (κ1) is 25.0. The van der Waals surface area contributed by atoms with Crippen molar-refractivity contribution in [3.05, 3.63) is 58.2 Å². The lowest BCUT2D eigenvalue weighted by Gasteiger charge is -2.36. The number of nitrogens with one attached hydrogen (secondary N) is 1. The molecule has 2 aliphatic heterocycles. The number of piperidine rings is 1. The van der Waals surface area contributed by atoms with Crippen molar-refractivity contribution in [2.45, 2.75) is 64.8 Å². The lowest BCUT2D eigenvalue weighted by atomic mass is 10.0. The van der Waals surface area contributed by atoms with E-state index in [2.05, 4.69) is 28.1 Å². The molecule has 0 unspecified atom stereocenters. The summed E-state index contributed by atoms with van der Waals surface area (Å²) in [6.45, 7) is 8.66. The zero-order chi connectivity index (χ0) is 25.1. The highest BCUT2D eigenvalue weighted by atomic mass is 35.5. The molecule has 190 valence electrons. The smallest absolute Gasteiger partial charge is 0.226 e. The van der Waals surface area contributed by atoms with Crippen molar-refractivity contribution in [2.75, 3.05) is 36.4 Å². The zero-order valence-electron chi connectivity index (χ0n) is 21.4. The normalized spacial score (nSPS) is 17.1. The molecule has 0 aliphatic carbocycles. The molecule has 1 aromatic heterocycles. The largest absolute Gasteiger partial charge is 0.341 e. The summed E-state index contributed by atoms with van der Waals surface area (Å²) in [6, 6.07) is 12.7. The average molecular weight is 506 g/mol. The molecule has 0 bridgehead atoms. The van der Waals surface area contributed by atoms with E-state index in [0.717, 1.165) is 58.3 Å². The molecular formula is C29H36ClN5O. The highest BCUT2D eigenvalue weighted by Crippen LogP contribution is 2.27. The summed E-state index contributed by atoms with van der Waals surface area (Å²) in [5.74, 6) is 0.795. The van der Waals surface area contributed by atoms with Crippen LogP contribution in [0.4, 0.5) is 11.6 Å². The van der Waals surface area contributed by atoms with Gasteiger partial charge in [0, 0.05) is 41.6 Å². The first-order valence-electron chi connectivity index (χ1n) is 13.3. The maximum absolute atomic E-state index is 12.6. The Labute approximate surface area is 219 Å². The van der Waals surface area contributed by atoms with Gasteiger partial charge in [0.1, 0.15) is 0 Å². The second-order valence-corrected chi connectivity index (χ2v) is 10.5. The zero-order valence-corrected chi connectivity index (χ0v) is 22.2. The molecule has 6 nitrogen and oxygen atoms in total.